The van der Waals surface area contributed by atoms with Crippen LogP contribution in [0.5, 0.6) is 0 Å². The monoisotopic (exact) mass is 444 g/mol. The van der Waals surface area contributed by atoms with Gasteiger partial charge in [0, 0.05) is 23.0 Å². The molecule has 2 aliphatic rings. The molecule has 1 N–H and O–H groups in total. The number of nitrogens with zero attached hydrogens (tertiary/aromatic N) is 5. The largest absolute Gasteiger partial charge is 0.363 e. The van der Waals surface area contributed by atoms with E-state index in [2.05, 4.69) is 37.5 Å². The number of rotatable bonds is 5. The van der Waals surface area contributed by atoms with E-state index in [-0.39, 0.29) is 6.04 Å². The summed E-state index contributed by atoms with van der Waals surface area (Å²) in [6.07, 6.45) is 2.68. The van der Waals surface area contributed by atoms with Crippen molar-refractivity contribution in [1.82, 2.24) is 25.7 Å². The normalized spacial score (nSPS) is 17.5. The summed E-state index contributed by atoms with van der Waals surface area (Å²) in [4.78, 5) is 6.84. The van der Waals surface area contributed by atoms with Crippen LogP contribution in [0.15, 0.2) is 28.8 Å². The van der Waals surface area contributed by atoms with E-state index in [0.717, 1.165) is 55.8 Å². The summed E-state index contributed by atoms with van der Waals surface area (Å²) in [5.74, 6) is 1.69. The molecule has 0 unspecified atom stereocenters. The summed E-state index contributed by atoms with van der Waals surface area (Å²) in [5.41, 5.74) is 3.61. The molecule has 2 aliphatic heterocycles. The van der Waals surface area contributed by atoms with E-state index >= 15 is 0 Å². The second-order valence-corrected chi connectivity index (χ2v) is 8.78. The highest BCUT2D eigenvalue weighted by Crippen LogP contribution is 2.37. The van der Waals surface area contributed by atoms with Crippen molar-refractivity contribution in [3.63, 3.8) is 0 Å². The first kappa shape index (κ1) is 19.7. The highest BCUT2D eigenvalue weighted by molar-refractivity contribution is 6.33. The molecule has 156 valence electrons. The minimum absolute atomic E-state index is 0.0410. The molecule has 1 saturated heterocycles. The quantitative estimate of drug-likeness (QED) is 0.633. The third-order valence-electron chi connectivity index (χ3n) is 5.87. The van der Waals surface area contributed by atoms with E-state index < -0.39 is 0 Å². The molecule has 5 rings (SSSR count). The Bertz CT molecular complexity index is 1070. The number of aromatic nitrogens is 4. The van der Waals surface area contributed by atoms with E-state index in [4.69, 9.17) is 27.7 Å². The van der Waals surface area contributed by atoms with Crippen molar-refractivity contribution in [2.75, 3.05) is 24.5 Å². The molecule has 0 aliphatic carbocycles. The Labute approximate surface area is 184 Å². The highest BCUT2D eigenvalue weighted by Gasteiger charge is 2.27. The number of nitrogens with one attached hydrogen (secondary N) is 1. The van der Waals surface area contributed by atoms with Crippen LogP contribution in [0.3, 0.4) is 0 Å². The zero-order chi connectivity index (χ0) is 20.7. The maximum atomic E-state index is 6.48. The maximum Gasteiger partial charge on any atom is 0.227 e. The number of aryl methyl sites for hydroxylation is 1. The molecule has 2 aromatic heterocycles. The molecular weight excluding hydrogens is 423 g/mol. The number of anilines is 1. The molecule has 9 heteroatoms. The topological polar surface area (TPSA) is 80.0 Å². The number of hydrogen-bond acceptors (Lipinski definition) is 7. The van der Waals surface area contributed by atoms with Gasteiger partial charge in [0.25, 0.3) is 0 Å². The second kappa shape index (κ2) is 8.13. The Morgan fingerprint density at radius 2 is 2.10 bits per heavy atom. The molecule has 0 amide bonds. The van der Waals surface area contributed by atoms with Gasteiger partial charge in [-0.2, -0.15) is 10.1 Å². The Balaban J connectivity index is 1.45. The molecule has 3 aromatic rings. The van der Waals surface area contributed by atoms with Gasteiger partial charge in [-0.05, 0) is 68.6 Å². The van der Waals surface area contributed by atoms with Gasteiger partial charge in [0.15, 0.2) is 0 Å². The number of hydrogen-bond donors (Lipinski definition) is 1. The molecule has 0 spiro atoms. The Morgan fingerprint density at radius 1 is 1.23 bits per heavy atom. The summed E-state index contributed by atoms with van der Waals surface area (Å²) in [5, 5.41) is 17.6. The fourth-order valence-electron chi connectivity index (χ4n) is 4.07. The summed E-state index contributed by atoms with van der Waals surface area (Å²) < 4.78 is 5.44. The molecular formula is C21H22Cl2N6O. The maximum absolute atomic E-state index is 6.48. The highest BCUT2D eigenvalue weighted by atomic mass is 35.5. The van der Waals surface area contributed by atoms with Crippen LogP contribution >= 0.6 is 23.2 Å². The van der Waals surface area contributed by atoms with Gasteiger partial charge in [-0.1, -0.05) is 28.4 Å². The van der Waals surface area contributed by atoms with Crippen LogP contribution in [0.1, 0.15) is 36.5 Å². The van der Waals surface area contributed by atoms with Gasteiger partial charge in [0.1, 0.15) is 5.69 Å². The lowest BCUT2D eigenvalue weighted by molar-refractivity contribution is 0.296. The number of halogens is 2. The van der Waals surface area contributed by atoms with Gasteiger partial charge in [0.05, 0.1) is 17.4 Å². The third-order valence-corrected chi connectivity index (χ3v) is 6.45. The molecule has 1 fully saturated rings. The predicted octanol–water partition coefficient (Wildman–Crippen LogP) is 4.11. The van der Waals surface area contributed by atoms with Crippen LogP contribution in [0.25, 0.3) is 11.5 Å². The summed E-state index contributed by atoms with van der Waals surface area (Å²) in [6, 6.07) is 7.63. The molecule has 1 atom stereocenters. The minimum atomic E-state index is 0.0410. The van der Waals surface area contributed by atoms with Gasteiger partial charge in [-0.25, -0.2) is 0 Å². The van der Waals surface area contributed by atoms with Crippen LogP contribution in [0.4, 0.5) is 5.69 Å². The Morgan fingerprint density at radius 3 is 2.90 bits per heavy atom. The van der Waals surface area contributed by atoms with E-state index in [0.29, 0.717) is 33.4 Å². The van der Waals surface area contributed by atoms with Crippen LogP contribution in [0.2, 0.25) is 10.0 Å². The zero-order valence-electron chi connectivity index (χ0n) is 16.6. The van der Waals surface area contributed by atoms with Crippen LogP contribution in [-0.2, 0) is 12.8 Å². The Hall–Kier alpha value is -2.22. The van der Waals surface area contributed by atoms with Crippen molar-refractivity contribution in [2.45, 2.75) is 32.2 Å². The second-order valence-electron chi connectivity index (χ2n) is 7.94. The number of fused-ring (bicyclic) bond motifs is 1. The van der Waals surface area contributed by atoms with E-state index in [9.17, 15) is 0 Å². The first-order chi connectivity index (χ1) is 14.6. The van der Waals surface area contributed by atoms with Gasteiger partial charge < -0.3 is 14.7 Å². The average Bonchev–Trinajstić information content (AvgIpc) is 3.20. The molecule has 1 aromatic carbocycles. The molecule has 7 nitrogen and oxygen atoms in total. The summed E-state index contributed by atoms with van der Waals surface area (Å²) in [7, 11) is 0. The van der Waals surface area contributed by atoms with Crippen molar-refractivity contribution in [1.29, 1.82) is 0 Å². The van der Waals surface area contributed by atoms with Gasteiger partial charge >= 0.3 is 0 Å². The van der Waals surface area contributed by atoms with Crippen molar-refractivity contribution >= 4 is 28.9 Å². The Kier molecular flexibility index (Phi) is 5.35. The predicted molar refractivity (Wildman–Crippen MR) is 116 cm³/mol. The van der Waals surface area contributed by atoms with Crippen molar-refractivity contribution < 1.29 is 4.52 Å². The molecule has 0 saturated carbocycles. The van der Waals surface area contributed by atoms with Crippen molar-refractivity contribution in [3.05, 3.63) is 51.5 Å². The lowest BCUT2D eigenvalue weighted by atomic mass is 10.00. The fourth-order valence-corrected chi connectivity index (χ4v) is 4.52. The third kappa shape index (κ3) is 3.77. The van der Waals surface area contributed by atoms with E-state index in [1.807, 2.05) is 18.2 Å². The molecule has 4 heterocycles. The van der Waals surface area contributed by atoms with Crippen LogP contribution in [0, 0.1) is 5.92 Å². The lowest BCUT2D eigenvalue weighted by Gasteiger charge is -2.36. The fraction of sp³-hybridized carbons (Fsp3) is 0.429. The van der Waals surface area contributed by atoms with Gasteiger partial charge in [-0.3, -0.25) is 0 Å². The summed E-state index contributed by atoms with van der Waals surface area (Å²) >= 11 is 12.7. The van der Waals surface area contributed by atoms with Crippen molar-refractivity contribution in [2.24, 2.45) is 5.92 Å². The van der Waals surface area contributed by atoms with E-state index in [1.54, 1.807) is 6.07 Å². The first-order valence-corrected chi connectivity index (χ1v) is 11.0. The van der Waals surface area contributed by atoms with Crippen molar-refractivity contribution in [3.8, 4) is 11.5 Å². The molecule has 30 heavy (non-hydrogen) atoms. The minimum Gasteiger partial charge on any atom is -0.363 e. The lowest BCUT2D eigenvalue weighted by Crippen LogP contribution is -2.43. The first-order valence-electron chi connectivity index (χ1n) is 10.2. The smallest absolute Gasteiger partial charge is 0.227 e. The van der Waals surface area contributed by atoms with Gasteiger partial charge in [0.2, 0.25) is 11.7 Å². The SMILES string of the molecule is C[C@H](c1cc(Cl)ccc1Cl)N1CCCc2nnc(-c3noc(CC4CNC4)n3)cc21. The van der Waals surface area contributed by atoms with E-state index in [1.165, 1.54) is 0 Å². The standard InChI is InChI=1S/C21H22Cl2N6O/c1-12(15-8-14(22)4-5-16(15)23)29-6-2-3-17-19(29)9-18(27-26-17)21-25-20(30-28-21)7-13-10-24-11-13/h4-5,8-9,12-13,24H,2-3,6-7,10-11H2,1H3/t12-/m1/s1. The average molecular weight is 445 g/mol. The number of benzene rings is 1. The van der Waals surface area contributed by atoms with Crippen LogP contribution in [-0.4, -0.2) is 40.0 Å². The molecule has 0 radical (unpaired) electrons. The van der Waals surface area contributed by atoms with Gasteiger partial charge in [-0.15, -0.1) is 5.10 Å². The van der Waals surface area contributed by atoms with Crippen LogP contribution < -0.4 is 10.2 Å². The summed E-state index contributed by atoms with van der Waals surface area (Å²) in [6.45, 7) is 5.02. The zero-order valence-corrected chi connectivity index (χ0v) is 18.1. The molecule has 0 bridgehead atoms.